The van der Waals surface area contributed by atoms with Gasteiger partial charge in [0.1, 0.15) is 6.10 Å². The Kier molecular flexibility index (Phi) is 3.44. The molecule has 0 aromatic heterocycles. The van der Waals surface area contributed by atoms with Crippen molar-refractivity contribution in [3.63, 3.8) is 0 Å². The topological polar surface area (TPSA) is 29.5 Å². The molecule has 0 radical (unpaired) electrons. The van der Waals surface area contributed by atoms with Crippen molar-refractivity contribution in [1.82, 2.24) is 4.90 Å². The second-order valence-electron chi connectivity index (χ2n) is 7.67. The summed E-state index contributed by atoms with van der Waals surface area (Å²) in [5, 5.41) is 0. The van der Waals surface area contributed by atoms with Gasteiger partial charge >= 0.3 is 5.97 Å². The van der Waals surface area contributed by atoms with Crippen LogP contribution in [0.4, 0.5) is 0 Å². The van der Waals surface area contributed by atoms with Gasteiger partial charge in [0.25, 0.3) is 0 Å². The fourth-order valence-electron chi connectivity index (χ4n) is 4.86. The van der Waals surface area contributed by atoms with Crippen LogP contribution in [0.2, 0.25) is 0 Å². The molecule has 112 valence electrons. The van der Waals surface area contributed by atoms with E-state index in [1.807, 2.05) is 14.1 Å². The van der Waals surface area contributed by atoms with E-state index >= 15 is 0 Å². The molecule has 3 rings (SSSR count). The Morgan fingerprint density at radius 3 is 2.90 bits per heavy atom. The number of fused-ring (bicyclic) bond motifs is 2. The van der Waals surface area contributed by atoms with Crippen LogP contribution in [0.15, 0.2) is 12.2 Å². The number of allylic oxidation sites excluding steroid dienone is 1. The van der Waals surface area contributed by atoms with Gasteiger partial charge in [-0.2, -0.15) is 0 Å². The van der Waals surface area contributed by atoms with Crippen molar-refractivity contribution >= 4 is 5.97 Å². The van der Waals surface area contributed by atoms with Gasteiger partial charge in [-0.05, 0) is 57.5 Å². The van der Waals surface area contributed by atoms with Gasteiger partial charge in [0, 0.05) is 12.5 Å². The fourth-order valence-corrected chi connectivity index (χ4v) is 4.86. The van der Waals surface area contributed by atoms with Crippen LogP contribution in [0.5, 0.6) is 0 Å². The molecule has 3 heteroatoms. The second kappa shape index (κ2) is 4.87. The van der Waals surface area contributed by atoms with E-state index in [9.17, 15) is 4.79 Å². The molecule has 0 N–H and O–H groups in total. The van der Waals surface area contributed by atoms with Crippen LogP contribution in [0.3, 0.4) is 0 Å². The number of esters is 1. The third-order valence-electron chi connectivity index (χ3n) is 5.88. The number of hydrogen-bond acceptors (Lipinski definition) is 3. The minimum Gasteiger partial charge on any atom is -0.462 e. The van der Waals surface area contributed by atoms with Crippen molar-refractivity contribution in [3.8, 4) is 0 Å². The van der Waals surface area contributed by atoms with Crippen LogP contribution in [-0.2, 0) is 9.53 Å². The minimum absolute atomic E-state index is 0.0292. The van der Waals surface area contributed by atoms with Crippen molar-refractivity contribution < 1.29 is 9.53 Å². The van der Waals surface area contributed by atoms with E-state index in [1.54, 1.807) is 0 Å². The zero-order valence-corrected chi connectivity index (χ0v) is 13.0. The van der Waals surface area contributed by atoms with Crippen LogP contribution in [0.1, 0.15) is 39.0 Å². The van der Waals surface area contributed by atoms with Crippen LogP contribution in [-0.4, -0.2) is 37.6 Å². The number of hydrogen-bond donors (Lipinski definition) is 0. The number of ether oxygens (including phenoxy) is 1. The monoisotopic (exact) mass is 277 g/mol. The van der Waals surface area contributed by atoms with E-state index in [-0.39, 0.29) is 18.0 Å². The van der Waals surface area contributed by atoms with Crippen LogP contribution >= 0.6 is 0 Å². The van der Waals surface area contributed by atoms with E-state index in [0.717, 1.165) is 19.4 Å². The van der Waals surface area contributed by atoms with Gasteiger partial charge in [0.15, 0.2) is 0 Å². The summed E-state index contributed by atoms with van der Waals surface area (Å²) in [6.07, 6.45) is 5.97. The predicted octanol–water partition coefficient (Wildman–Crippen LogP) is 2.86. The van der Waals surface area contributed by atoms with Gasteiger partial charge in [-0.15, -0.1) is 0 Å². The van der Waals surface area contributed by atoms with Crippen molar-refractivity contribution in [2.45, 2.75) is 45.1 Å². The molecule has 3 fully saturated rings. The maximum absolute atomic E-state index is 12.2. The normalized spacial score (nSPS) is 44.2. The zero-order valence-electron chi connectivity index (χ0n) is 13.0. The average molecular weight is 277 g/mol. The van der Waals surface area contributed by atoms with Gasteiger partial charge < -0.3 is 9.64 Å². The van der Waals surface area contributed by atoms with E-state index in [2.05, 4.69) is 18.4 Å². The van der Waals surface area contributed by atoms with E-state index < -0.39 is 0 Å². The first-order chi connectivity index (χ1) is 9.40. The third kappa shape index (κ3) is 2.20. The molecule has 0 bridgehead atoms. The number of rotatable bonds is 2. The van der Waals surface area contributed by atoms with Crippen molar-refractivity contribution in [3.05, 3.63) is 12.2 Å². The van der Waals surface area contributed by atoms with Crippen molar-refractivity contribution in [2.75, 3.05) is 20.6 Å². The Balaban J connectivity index is 1.82. The highest BCUT2D eigenvalue weighted by Gasteiger charge is 2.54. The maximum Gasteiger partial charge on any atom is 0.310 e. The average Bonchev–Trinajstić information content (AvgIpc) is 2.62. The number of carbonyl (C=O) groups is 1. The molecule has 0 aromatic carbocycles. The van der Waals surface area contributed by atoms with Crippen LogP contribution < -0.4 is 0 Å². The minimum atomic E-state index is 0.0292. The summed E-state index contributed by atoms with van der Waals surface area (Å²) in [6.45, 7) is 7.52. The summed E-state index contributed by atoms with van der Waals surface area (Å²) in [5.41, 5.74) is 1.73. The molecule has 2 saturated carbocycles. The number of carbonyl (C=O) groups excluding carboxylic acids is 1. The van der Waals surface area contributed by atoms with Crippen molar-refractivity contribution in [1.29, 1.82) is 0 Å². The van der Waals surface area contributed by atoms with E-state index in [4.69, 9.17) is 4.74 Å². The Morgan fingerprint density at radius 2 is 2.20 bits per heavy atom. The summed E-state index contributed by atoms with van der Waals surface area (Å²) in [4.78, 5) is 14.3. The highest BCUT2D eigenvalue weighted by atomic mass is 16.6. The molecule has 20 heavy (non-hydrogen) atoms. The van der Waals surface area contributed by atoms with E-state index in [1.165, 1.54) is 24.8 Å². The van der Waals surface area contributed by atoms with Gasteiger partial charge in [-0.3, -0.25) is 4.79 Å². The molecular formula is C17H27NO2. The first-order valence-electron chi connectivity index (χ1n) is 7.93. The molecule has 3 nitrogen and oxygen atoms in total. The number of nitrogens with zero attached hydrogens (tertiary/aromatic N) is 1. The Labute approximate surface area is 122 Å². The highest BCUT2D eigenvalue weighted by Crippen LogP contribution is 2.56. The van der Waals surface area contributed by atoms with Gasteiger partial charge in [-0.25, -0.2) is 0 Å². The van der Waals surface area contributed by atoms with E-state index in [0.29, 0.717) is 17.3 Å². The first-order valence-corrected chi connectivity index (χ1v) is 7.93. The first kappa shape index (κ1) is 14.1. The fraction of sp³-hybridized carbons (Fsp3) is 0.824. The maximum atomic E-state index is 12.2. The molecule has 1 saturated heterocycles. The molecule has 2 aliphatic carbocycles. The molecule has 3 aliphatic rings. The summed E-state index contributed by atoms with van der Waals surface area (Å²) in [6, 6.07) is 0. The molecule has 0 aromatic rings. The smallest absolute Gasteiger partial charge is 0.310 e. The molecule has 5 atom stereocenters. The Hall–Kier alpha value is -0.830. The molecule has 1 heterocycles. The SMILES string of the molecule is C=C1CCC[C@]2(C)C[C@H]3OC(=O)[C@H](CN(C)C)[C@@H]3C[C@@H]12. The summed E-state index contributed by atoms with van der Waals surface area (Å²) >= 11 is 0. The quantitative estimate of drug-likeness (QED) is 0.574. The van der Waals surface area contributed by atoms with Crippen LogP contribution in [0.25, 0.3) is 0 Å². The Bertz CT molecular complexity index is 431. The largest absolute Gasteiger partial charge is 0.462 e. The summed E-state index contributed by atoms with van der Waals surface area (Å²) in [7, 11) is 4.07. The lowest BCUT2D eigenvalue weighted by Crippen LogP contribution is -2.45. The predicted molar refractivity (Wildman–Crippen MR) is 79.2 cm³/mol. The molecule has 0 unspecified atom stereocenters. The molecule has 0 spiro atoms. The highest BCUT2D eigenvalue weighted by molar-refractivity contribution is 5.75. The lowest BCUT2D eigenvalue weighted by atomic mass is 9.55. The van der Waals surface area contributed by atoms with Gasteiger partial charge in [-0.1, -0.05) is 19.1 Å². The lowest BCUT2D eigenvalue weighted by molar-refractivity contribution is -0.146. The summed E-state index contributed by atoms with van der Waals surface area (Å²) in [5.74, 6) is 1.09. The standard InChI is InChI=1S/C17H27NO2/c1-11-6-5-7-17(2)9-15-12(8-14(11)17)13(10-18(3)4)16(19)20-15/h12-15H,1,5-10H2,2-4H3/t12-,13+,14-,15+,17+/m0/s1. The summed E-state index contributed by atoms with van der Waals surface area (Å²) < 4.78 is 5.73. The molecule has 0 amide bonds. The lowest BCUT2D eigenvalue weighted by Gasteiger charge is -2.50. The van der Waals surface area contributed by atoms with Gasteiger partial charge in [0.2, 0.25) is 0 Å². The second-order valence-corrected chi connectivity index (χ2v) is 7.67. The van der Waals surface area contributed by atoms with Crippen molar-refractivity contribution in [2.24, 2.45) is 23.2 Å². The van der Waals surface area contributed by atoms with Gasteiger partial charge in [0.05, 0.1) is 5.92 Å². The molecular weight excluding hydrogens is 250 g/mol. The Morgan fingerprint density at radius 1 is 1.45 bits per heavy atom. The third-order valence-corrected chi connectivity index (χ3v) is 5.88. The zero-order chi connectivity index (χ0) is 14.5. The van der Waals surface area contributed by atoms with Crippen LogP contribution in [0, 0.1) is 23.2 Å². The molecule has 1 aliphatic heterocycles.